The van der Waals surface area contributed by atoms with Gasteiger partial charge in [0, 0.05) is 3.92 Å². The molecule has 0 spiro atoms. The number of alkyl halides is 1. The Morgan fingerprint density at radius 3 is 2.89 bits per heavy atom. The number of benzene rings is 1. The fourth-order valence-electron chi connectivity index (χ4n) is 2.61. The van der Waals surface area contributed by atoms with Gasteiger partial charge in [0.2, 0.25) is 0 Å². The number of hydrogen-bond acceptors (Lipinski definition) is 3. The molecule has 3 rings (SSSR count). The van der Waals surface area contributed by atoms with Crippen LogP contribution < -0.4 is 0 Å². The topological polar surface area (TPSA) is 27.7 Å². The first-order chi connectivity index (χ1) is 8.84. The lowest BCUT2D eigenvalue weighted by Crippen LogP contribution is -2.41. The highest BCUT2D eigenvalue weighted by Crippen LogP contribution is 2.37. The van der Waals surface area contributed by atoms with E-state index in [0.717, 1.165) is 19.6 Å². The Morgan fingerprint density at radius 2 is 2.06 bits per heavy atom. The third kappa shape index (κ3) is 2.71. The summed E-state index contributed by atoms with van der Waals surface area (Å²) in [6.07, 6.45) is 1.17. The van der Waals surface area contributed by atoms with Crippen molar-refractivity contribution in [1.29, 1.82) is 0 Å². The Kier molecular flexibility index (Phi) is 4.18. The van der Waals surface area contributed by atoms with Crippen LogP contribution in [0.5, 0.6) is 0 Å². The molecule has 2 aliphatic heterocycles. The van der Waals surface area contributed by atoms with Gasteiger partial charge in [-0.05, 0) is 12.0 Å². The zero-order valence-electron chi connectivity index (χ0n) is 10.1. The zero-order chi connectivity index (χ0) is 12.4. The monoisotopic (exact) mass is 360 g/mol. The van der Waals surface area contributed by atoms with Gasteiger partial charge in [-0.25, -0.2) is 0 Å². The first-order valence-corrected chi connectivity index (χ1v) is 7.62. The minimum Gasteiger partial charge on any atom is -0.373 e. The molecular weight excluding hydrogens is 343 g/mol. The van der Waals surface area contributed by atoms with Crippen molar-refractivity contribution in [2.45, 2.75) is 29.3 Å². The largest absolute Gasteiger partial charge is 0.373 e. The molecule has 18 heavy (non-hydrogen) atoms. The summed E-state index contributed by atoms with van der Waals surface area (Å²) in [5.41, 5.74) is 1.23. The van der Waals surface area contributed by atoms with Gasteiger partial charge in [-0.15, -0.1) is 0 Å². The molecule has 2 heterocycles. The lowest BCUT2D eigenvalue weighted by atomic mass is 9.95. The Labute approximate surface area is 121 Å². The number of halogens is 1. The van der Waals surface area contributed by atoms with Crippen molar-refractivity contribution in [2.75, 3.05) is 13.2 Å². The molecule has 0 bridgehead atoms. The summed E-state index contributed by atoms with van der Waals surface area (Å²) in [4.78, 5) is 0. The van der Waals surface area contributed by atoms with Crippen LogP contribution in [0.1, 0.15) is 12.0 Å². The fraction of sp³-hybridized carbons (Fsp3) is 0.571. The number of rotatable bonds is 3. The van der Waals surface area contributed by atoms with Gasteiger partial charge in [0.05, 0.1) is 31.8 Å². The minimum atomic E-state index is -0.0542. The van der Waals surface area contributed by atoms with E-state index in [1.165, 1.54) is 5.56 Å². The lowest BCUT2D eigenvalue weighted by Gasteiger charge is -2.33. The predicted molar refractivity (Wildman–Crippen MR) is 76.6 cm³/mol. The Balaban J connectivity index is 1.61. The summed E-state index contributed by atoms with van der Waals surface area (Å²) in [6.45, 7) is 2.20. The number of ether oxygens (including phenoxy) is 3. The van der Waals surface area contributed by atoms with Crippen LogP contribution >= 0.6 is 22.6 Å². The van der Waals surface area contributed by atoms with Gasteiger partial charge < -0.3 is 14.2 Å². The standard InChI is InChI=1S/C14H17IO3/c15-11-9-18-14-13(11)12(6-7-16-14)17-8-10-4-2-1-3-5-10/h1-5,11-14H,6-9H2/t11?,12-,13+,14+/m1/s1. The molecule has 2 fully saturated rings. The molecule has 1 unspecified atom stereocenters. The Hall–Kier alpha value is -0.170. The summed E-state index contributed by atoms with van der Waals surface area (Å²) >= 11 is 2.45. The maximum atomic E-state index is 6.09. The predicted octanol–water partition coefficient (Wildman–Crippen LogP) is 2.77. The van der Waals surface area contributed by atoms with Crippen LogP contribution in [0, 0.1) is 5.92 Å². The second kappa shape index (κ2) is 5.86. The van der Waals surface area contributed by atoms with E-state index in [4.69, 9.17) is 14.2 Å². The molecule has 4 atom stereocenters. The van der Waals surface area contributed by atoms with Gasteiger partial charge in [0.1, 0.15) is 0 Å². The van der Waals surface area contributed by atoms with Gasteiger partial charge in [0.15, 0.2) is 6.29 Å². The molecule has 4 heteroatoms. The Morgan fingerprint density at radius 1 is 1.22 bits per heavy atom. The second-order valence-corrected chi connectivity index (χ2v) is 6.39. The van der Waals surface area contributed by atoms with Crippen molar-refractivity contribution < 1.29 is 14.2 Å². The number of hydrogen-bond donors (Lipinski definition) is 0. The maximum absolute atomic E-state index is 6.09. The average Bonchev–Trinajstić information content (AvgIpc) is 2.80. The van der Waals surface area contributed by atoms with Gasteiger partial charge >= 0.3 is 0 Å². The molecule has 1 aromatic rings. The first-order valence-electron chi connectivity index (χ1n) is 6.37. The fourth-order valence-corrected chi connectivity index (χ4v) is 3.62. The van der Waals surface area contributed by atoms with Crippen molar-refractivity contribution in [3.8, 4) is 0 Å². The summed E-state index contributed by atoms with van der Waals surface area (Å²) < 4.78 is 17.9. The molecule has 98 valence electrons. The van der Waals surface area contributed by atoms with Crippen LogP contribution in [0.4, 0.5) is 0 Å². The third-order valence-corrected chi connectivity index (χ3v) is 4.76. The summed E-state index contributed by atoms with van der Waals surface area (Å²) in [7, 11) is 0. The van der Waals surface area contributed by atoms with E-state index < -0.39 is 0 Å². The smallest absolute Gasteiger partial charge is 0.163 e. The molecule has 0 N–H and O–H groups in total. The van der Waals surface area contributed by atoms with Crippen molar-refractivity contribution in [1.82, 2.24) is 0 Å². The van der Waals surface area contributed by atoms with Crippen LogP contribution in [0.25, 0.3) is 0 Å². The van der Waals surface area contributed by atoms with Crippen molar-refractivity contribution in [2.24, 2.45) is 5.92 Å². The second-order valence-electron chi connectivity index (χ2n) is 4.79. The molecule has 0 radical (unpaired) electrons. The molecule has 1 aromatic carbocycles. The highest BCUT2D eigenvalue weighted by Gasteiger charge is 2.44. The van der Waals surface area contributed by atoms with E-state index in [-0.39, 0.29) is 12.4 Å². The molecule has 0 aromatic heterocycles. The average molecular weight is 360 g/mol. The molecule has 2 saturated heterocycles. The quantitative estimate of drug-likeness (QED) is 0.613. The molecular formula is C14H17IO3. The van der Waals surface area contributed by atoms with Crippen molar-refractivity contribution in [3.63, 3.8) is 0 Å². The van der Waals surface area contributed by atoms with Crippen LogP contribution in [-0.2, 0) is 20.8 Å². The highest BCUT2D eigenvalue weighted by atomic mass is 127. The van der Waals surface area contributed by atoms with E-state index in [1.54, 1.807) is 0 Å². The van der Waals surface area contributed by atoms with E-state index >= 15 is 0 Å². The Bertz CT molecular complexity index is 382. The number of fused-ring (bicyclic) bond motifs is 1. The van der Waals surface area contributed by atoms with Gasteiger partial charge in [-0.3, -0.25) is 0 Å². The molecule has 0 amide bonds. The van der Waals surface area contributed by atoms with Gasteiger partial charge in [0.25, 0.3) is 0 Å². The van der Waals surface area contributed by atoms with Crippen LogP contribution in [0.2, 0.25) is 0 Å². The third-order valence-electron chi connectivity index (χ3n) is 3.57. The van der Waals surface area contributed by atoms with E-state index in [9.17, 15) is 0 Å². The maximum Gasteiger partial charge on any atom is 0.163 e. The van der Waals surface area contributed by atoms with E-state index in [2.05, 4.69) is 34.7 Å². The summed E-state index contributed by atoms with van der Waals surface area (Å²) in [5.74, 6) is 0.378. The minimum absolute atomic E-state index is 0.0542. The van der Waals surface area contributed by atoms with Crippen LogP contribution in [0.3, 0.4) is 0 Å². The first kappa shape index (κ1) is 12.8. The molecule has 0 saturated carbocycles. The summed E-state index contributed by atoms with van der Waals surface area (Å²) in [6, 6.07) is 10.3. The SMILES string of the molecule is IC1CO[C@@H]2OCC[C@@H](OCc3ccccc3)[C@H]12. The van der Waals surface area contributed by atoms with Gasteiger partial charge in [-0.1, -0.05) is 52.9 Å². The lowest BCUT2D eigenvalue weighted by molar-refractivity contribution is -0.191. The van der Waals surface area contributed by atoms with Crippen molar-refractivity contribution in [3.05, 3.63) is 35.9 Å². The molecule has 0 aliphatic carbocycles. The summed E-state index contributed by atoms with van der Waals surface area (Å²) in [5, 5.41) is 0. The van der Waals surface area contributed by atoms with Crippen LogP contribution in [-0.4, -0.2) is 29.5 Å². The zero-order valence-corrected chi connectivity index (χ0v) is 12.3. The normalized spacial score (nSPS) is 35.4. The van der Waals surface area contributed by atoms with Gasteiger partial charge in [-0.2, -0.15) is 0 Å². The highest BCUT2D eigenvalue weighted by molar-refractivity contribution is 14.1. The van der Waals surface area contributed by atoms with E-state index in [0.29, 0.717) is 16.4 Å². The molecule has 3 nitrogen and oxygen atoms in total. The van der Waals surface area contributed by atoms with E-state index in [1.807, 2.05) is 18.2 Å². The molecule has 2 aliphatic rings. The van der Waals surface area contributed by atoms with Crippen molar-refractivity contribution >= 4 is 22.6 Å². The van der Waals surface area contributed by atoms with Crippen LogP contribution in [0.15, 0.2) is 30.3 Å².